The molecule has 0 radical (unpaired) electrons. The Labute approximate surface area is 201 Å². The molecule has 0 saturated carbocycles. The Morgan fingerprint density at radius 2 is 1.64 bits per heavy atom. The van der Waals surface area contributed by atoms with Gasteiger partial charge in [0.15, 0.2) is 0 Å². The second-order valence-corrected chi connectivity index (χ2v) is 10.5. The number of aliphatic carboxylic acids is 1. The summed E-state index contributed by atoms with van der Waals surface area (Å²) in [6.07, 6.45) is 0.612. The minimum absolute atomic E-state index is 0.0317. The van der Waals surface area contributed by atoms with Gasteiger partial charge in [0.2, 0.25) is 15.9 Å². The summed E-state index contributed by atoms with van der Waals surface area (Å²) in [4.78, 5) is 24.4. The Morgan fingerprint density at radius 3 is 2.21 bits per heavy atom. The number of amides is 1. The molecule has 33 heavy (non-hydrogen) atoms. The lowest BCUT2D eigenvalue weighted by molar-refractivity contribution is -0.139. The number of hydrogen-bond acceptors (Lipinski definition) is 5. The first-order valence-corrected chi connectivity index (χ1v) is 12.9. The summed E-state index contributed by atoms with van der Waals surface area (Å²) in [6.45, 7) is 0.255. The van der Waals surface area contributed by atoms with Crippen LogP contribution >= 0.6 is 22.9 Å². The zero-order chi connectivity index (χ0) is 23.8. The van der Waals surface area contributed by atoms with Crippen LogP contribution in [-0.2, 0) is 26.0 Å². The van der Waals surface area contributed by atoms with E-state index in [4.69, 9.17) is 11.6 Å². The maximum atomic E-state index is 12.7. The first-order valence-electron chi connectivity index (χ1n) is 10.1. The first kappa shape index (κ1) is 24.9. The van der Waals surface area contributed by atoms with Crippen LogP contribution in [0.25, 0.3) is 11.1 Å². The number of rotatable bonds is 11. The van der Waals surface area contributed by atoms with Crippen LogP contribution in [0, 0.1) is 0 Å². The van der Waals surface area contributed by atoms with Gasteiger partial charge in [0.25, 0.3) is 0 Å². The molecule has 3 rings (SSSR count). The van der Waals surface area contributed by atoms with Crippen LogP contribution in [0.2, 0.25) is 5.02 Å². The molecule has 1 atom stereocenters. The van der Waals surface area contributed by atoms with Crippen molar-refractivity contribution < 1.29 is 23.1 Å². The highest BCUT2D eigenvalue weighted by Crippen LogP contribution is 2.23. The van der Waals surface area contributed by atoms with Gasteiger partial charge in [-0.05, 0) is 59.7 Å². The van der Waals surface area contributed by atoms with Crippen molar-refractivity contribution in [3.05, 3.63) is 75.9 Å². The third kappa shape index (κ3) is 7.40. The summed E-state index contributed by atoms with van der Waals surface area (Å²) in [7, 11) is -4.04. The van der Waals surface area contributed by atoms with Crippen LogP contribution in [0.15, 0.2) is 70.9 Å². The number of nitrogens with one attached hydrogen (secondary N) is 2. The van der Waals surface area contributed by atoms with Crippen LogP contribution < -0.4 is 10.0 Å². The van der Waals surface area contributed by atoms with Crippen LogP contribution in [0.1, 0.15) is 17.7 Å². The summed E-state index contributed by atoms with van der Waals surface area (Å²) in [5.74, 6) is -1.44. The number of carboxylic acids is 1. The zero-order valence-corrected chi connectivity index (χ0v) is 19.9. The van der Waals surface area contributed by atoms with Crippen LogP contribution in [0.5, 0.6) is 0 Å². The van der Waals surface area contributed by atoms with Crippen molar-refractivity contribution in [1.82, 2.24) is 10.0 Å². The molecule has 7 nitrogen and oxygen atoms in total. The Morgan fingerprint density at radius 1 is 1.00 bits per heavy atom. The van der Waals surface area contributed by atoms with Gasteiger partial charge in [-0.15, -0.1) is 11.3 Å². The van der Waals surface area contributed by atoms with Gasteiger partial charge >= 0.3 is 5.97 Å². The van der Waals surface area contributed by atoms with Gasteiger partial charge in [-0.2, -0.15) is 4.72 Å². The molecule has 0 spiro atoms. The fourth-order valence-corrected chi connectivity index (χ4v) is 5.18. The van der Waals surface area contributed by atoms with Crippen molar-refractivity contribution in [2.45, 2.75) is 30.2 Å². The Bertz CT molecular complexity index is 1180. The van der Waals surface area contributed by atoms with E-state index < -0.39 is 22.0 Å². The van der Waals surface area contributed by atoms with Crippen molar-refractivity contribution in [3.63, 3.8) is 0 Å². The molecule has 1 heterocycles. The molecule has 10 heteroatoms. The maximum Gasteiger partial charge on any atom is 0.321 e. The molecule has 0 aliphatic heterocycles. The number of carboxylic acid groups (broad SMARTS) is 1. The van der Waals surface area contributed by atoms with Crippen molar-refractivity contribution >= 4 is 44.8 Å². The zero-order valence-electron chi connectivity index (χ0n) is 17.5. The van der Waals surface area contributed by atoms with Crippen LogP contribution in [0.4, 0.5) is 0 Å². The van der Waals surface area contributed by atoms with Gasteiger partial charge in [-0.3, -0.25) is 9.59 Å². The fraction of sp³-hybridized carbons (Fsp3) is 0.217. The molecule has 0 aliphatic carbocycles. The van der Waals surface area contributed by atoms with Gasteiger partial charge in [-0.1, -0.05) is 41.9 Å². The van der Waals surface area contributed by atoms with E-state index in [9.17, 15) is 23.1 Å². The standard InChI is InChI=1S/C23H23ClN2O5S2/c24-18-9-5-16(6-10-18)17-7-11-20(12-8-17)33(30,31)26-21(23(28)29)4-1-13-25-22(27)15-19-3-2-14-32-19/h2-3,5-12,14,21,26H,1,4,13,15H2,(H,25,27)(H,28,29). The van der Waals surface area contributed by atoms with Gasteiger partial charge in [0.05, 0.1) is 11.3 Å². The number of carbonyl (C=O) groups excluding carboxylic acids is 1. The number of sulfonamides is 1. The molecule has 0 fully saturated rings. The topological polar surface area (TPSA) is 113 Å². The molecule has 1 aromatic heterocycles. The Hall–Kier alpha value is -2.72. The van der Waals surface area contributed by atoms with Crippen molar-refractivity contribution in [1.29, 1.82) is 0 Å². The molecule has 0 aliphatic rings. The minimum Gasteiger partial charge on any atom is -0.480 e. The molecule has 3 N–H and O–H groups in total. The summed E-state index contributed by atoms with van der Waals surface area (Å²) < 4.78 is 27.6. The van der Waals surface area contributed by atoms with E-state index in [1.165, 1.54) is 23.5 Å². The summed E-state index contributed by atoms with van der Waals surface area (Å²) in [6, 6.07) is 15.7. The van der Waals surface area contributed by atoms with Crippen LogP contribution in [-0.4, -0.2) is 38.0 Å². The van der Waals surface area contributed by atoms with Gasteiger partial charge in [0, 0.05) is 16.4 Å². The van der Waals surface area contributed by atoms with E-state index >= 15 is 0 Å². The number of halogens is 1. The van der Waals surface area contributed by atoms with Gasteiger partial charge < -0.3 is 10.4 Å². The van der Waals surface area contributed by atoms with E-state index in [1.807, 2.05) is 29.6 Å². The smallest absolute Gasteiger partial charge is 0.321 e. The SMILES string of the molecule is O=C(Cc1cccs1)NCCCC(NS(=O)(=O)c1ccc(-c2ccc(Cl)cc2)cc1)C(=O)O. The largest absolute Gasteiger partial charge is 0.480 e. The minimum atomic E-state index is -4.04. The number of carbonyl (C=O) groups is 2. The maximum absolute atomic E-state index is 12.7. The quantitative estimate of drug-likeness (QED) is 0.341. The van der Waals surface area contributed by atoms with Crippen molar-refractivity contribution in [2.75, 3.05) is 6.54 Å². The molecular formula is C23H23ClN2O5S2. The predicted octanol–water partition coefficient (Wildman–Crippen LogP) is 3.94. The van der Waals surface area contributed by atoms with Gasteiger partial charge in [-0.25, -0.2) is 8.42 Å². The highest BCUT2D eigenvalue weighted by atomic mass is 35.5. The lowest BCUT2D eigenvalue weighted by Gasteiger charge is -2.15. The number of benzene rings is 2. The van der Waals surface area contributed by atoms with E-state index in [0.29, 0.717) is 11.4 Å². The summed E-state index contributed by atoms with van der Waals surface area (Å²) in [5.41, 5.74) is 1.68. The Balaban J connectivity index is 1.54. The van der Waals surface area contributed by atoms with E-state index in [2.05, 4.69) is 10.0 Å². The average molecular weight is 507 g/mol. The average Bonchev–Trinajstić information content (AvgIpc) is 3.29. The molecule has 1 amide bonds. The molecule has 174 valence electrons. The normalized spacial score (nSPS) is 12.3. The van der Waals surface area contributed by atoms with Gasteiger partial charge in [0.1, 0.15) is 6.04 Å². The highest BCUT2D eigenvalue weighted by molar-refractivity contribution is 7.89. The van der Waals surface area contributed by atoms with E-state index in [0.717, 1.165) is 16.0 Å². The molecule has 0 bridgehead atoms. The molecular weight excluding hydrogens is 484 g/mol. The summed E-state index contributed by atoms with van der Waals surface area (Å²) >= 11 is 7.37. The third-order valence-corrected chi connectivity index (χ3v) is 7.46. The first-order chi connectivity index (χ1) is 15.7. The monoisotopic (exact) mass is 506 g/mol. The molecule has 0 saturated heterocycles. The Kier molecular flexibility index (Phi) is 8.62. The van der Waals surface area contributed by atoms with Crippen LogP contribution in [0.3, 0.4) is 0 Å². The van der Waals surface area contributed by atoms with Crippen molar-refractivity contribution in [3.8, 4) is 11.1 Å². The fourth-order valence-electron chi connectivity index (χ4n) is 3.12. The molecule has 2 aromatic carbocycles. The second kappa shape index (κ2) is 11.4. The lowest BCUT2D eigenvalue weighted by atomic mass is 10.1. The highest BCUT2D eigenvalue weighted by Gasteiger charge is 2.25. The number of hydrogen-bond donors (Lipinski definition) is 3. The summed E-state index contributed by atoms with van der Waals surface area (Å²) in [5, 5.41) is 14.7. The van der Waals surface area contributed by atoms with Crippen molar-refractivity contribution in [2.24, 2.45) is 0 Å². The molecule has 3 aromatic rings. The number of thiophene rings is 1. The van der Waals surface area contributed by atoms with E-state index in [-0.39, 0.29) is 30.2 Å². The lowest BCUT2D eigenvalue weighted by Crippen LogP contribution is -2.41. The van der Waals surface area contributed by atoms with E-state index in [1.54, 1.807) is 24.3 Å². The second-order valence-electron chi connectivity index (χ2n) is 7.29. The molecule has 1 unspecified atom stereocenters. The predicted molar refractivity (Wildman–Crippen MR) is 129 cm³/mol. The third-order valence-electron chi connectivity index (χ3n) is 4.84.